The average molecular weight is 126 g/mol. The minimum Gasteiger partial charge on any atom is -0.320 e. The molecule has 2 heteroatoms. The molecule has 1 amide bonds. The van der Waals surface area contributed by atoms with Crippen molar-refractivity contribution in [3.63, 3.8) is 0 Å². The second kappa shape index (κ2) is 3.49. The highest BCUT2D eigenvalue weighted by atomic mass is 16.1. The van der Waals surface area contributed by atoms with Crippen molar-refractivity contribution in [3.05, 3.63) is 12.1 Å². The zero-order chi connectivity index (χ0) is 7.44. The van der Waals surface area contributed by atoms with Crippen LogP contribution in [0.1, 0.15) is 27.7 Å². The lowest BCUT2D eigenvalue weighted by Gasteiger charge is -2.22. The van der Waals surface area contributed by atoms with Gasteiger partial charge < -0.3 is 4.90 Å². The summed E-state index contributed by atoms with van der Waals surface area (Å²) >= 11 is 0. The second-order valence-corrected chi connectivity index (χ2v) is 2.32. The summed E-state index contributed by atoms with van der Waals surface area (Å²) in [6, 6.07) is 1.90. The van der Waals surface area contributed by atoms with Crippen LogP contribution in [0.2, 0.25) is 0 Å². The van der Waals surface area contributed by atoms with E-state index in [-0.39, 0.29) is 0 Å². The quantitative estimate of drug-likeness (QED) is 0.525. The van der Waals surface area contributed by atoms with E-state index in [2.05, 4.69) is 0 Å². The molecule has 0 aliphatic carbocycles. The summed E-state index contributed by atoms with van der Waals surface area (Å²) in [6.45, 7) is 7.49. The molecule has 9 heavy (non-hydrogen) atoms. The lowest BCUT2D eigenvalue weighted by molar-refractivity contribution is 0.413. The zero-order valence-corrected chi connectivity index (χ0v) is 6.36. The molecule has 2 nitrogen and oxygen atoms in total. The van der Waals surface area contributed by atoms with Crippen LogP contribution in [-0.2, 0) is 4.79 Å². The van der Waals surface area contributed by atoms with Crippen molar-refractivity contribution in [3.8, 4) is 0 Å². The molecule has 0 atom stereocenters. The van der Waals surface area contributed by atoms with Crippen LogP contribution in [0.25, 0.3) is 0 Å². The van der Waals surface area contributed by atoms with Crippen LogP contribution in [0.3, 0.4) is 0 Å². The molecule has 0 aromatic rings. The number of nitrogens with zero attached hydrogens (tertiary/aromatic N) is 1. The highest BCUT2D eigenvalue weighted by Crippen LogP contribution is 2.12. The van der Waals surface area contributed by atoms with Gasteiger partial charge in [0, 0.05) is 0 Å². The van der Waals surface area contributed by atoms with Crippen LogP contribution < -0.4 is 0 Å². The fraction of sp³-hybridized carbons (Fsp3) is 0.571. The summed E-state index contributed by atoms with van der Waals surface area (Å²) in [5.41, 5.74) is 0. The Bertz CT molecular complexity index is 80.9. The van der Waals surface area contributed by atoms with Crippen LogP contribution >= 0.6 is 0 Å². The van der Waals surface area contributed by atoms with Gasteiger partial charge in [-0.3, -0.25) is 4.79 Å². The molecule has 0 N–H and O–H groups in total. The van der Waals surface area contributed by atoms with E-state index in [4.69, 9.17) is 0 Å². The summed E-state index contributed by atoms with van der Waals surface area (Å²) in [5.74, 6) is 0. The van der Waals surface area contributed by atoms with Gasteiger partial charge in [0.1, 0.15) is 0 Å². The molecule has 0 heterocycles. The fourth-order valence-corrected chi connectivity index (χ4v) is 0.630. The standard InChI is InChI=1S/C7H12NO/c1-6(2)8(5-9)7(3)4/h1-4H3. The van der Waals surface area contributed by atoms with Gasteiger partial charge in [-0.2, -0.15) is 0 Å². The maximum Gasteiger partial charge on any atom is 0.313 e. The van der Waals surface area contributed by atoms with Crippen LogP contribution in [0.5, 0.6) is 0 Å². The summed E-state index contributed by atoms with van der Waals surface area (Å²) < 4.78 is 0. The largest absolute Gasteiger partial charge is 0.320 e. The van der Waals surface area contributed by atoms with Gasteiger partial charge in [-0.05, 0) is 27.7 Å². The number of carbonyl (C=O) groups excluding carboxylic acids is 1. The van der Waals surface area contributed by atoms with Crippen LogP contribution in [0, 0.1) is 12.1 Å². The number of hydrogen-bond acceptors (Lipinski definition) is 1. The predicted molar refractivity (Wildman–Crippen MR) is 36.7 cm³/mol. The molecular formula is C7H12NO. The fourth-order valence-electron chi connectivity index (χ4n) is 0.630. The Morgan fingerprint density at radius 3 is 1.44 bits per heavy atom. The van der Waals surface area contributed by atoms with Crippen molar-refractivity contribution in [2.45, 2.75) is 27.7 Å². The van der Waals surface area contributed by atoms with E-state index in [1.807, 2.05) is 34.1 Å². The maximum atomic E-state index is 10.1. The third-order valence-electron chi connectivity index (χ3n) is 0.986. The van der Waals surface area contributed by atoms with Gasteiger partial charge in [-0.1, -0.05) is 0 Å². The average Bonchev–Trinajstić information content (AvgIpc) is 1.64. The monoisotopic (exact) mass is 126 g/mol. The van der Waals surface area contributed by atoms with E-state index in [0.29, 0.717) is 0 Å². The van der Waals surface area contributed by atoms with Crippen LogP contribution in [0.4, 0.5) is 0 Å². The smallest absolute Gasteiger partial charge is 0.313 e. The van der Waals surface area contributed by atoms with Gasteiger partial charge >= 0.3 is 6.41 Å². The Morgan fingerprint density at radius 1 is 1.11 bits per heavy atom. The molecule has 0 fully saturated rings. The molecule has 0 spiro atoms. The number of amides is 1. The molecule has 0 aromatic carbocycles. The molecular weight excluding hydrogens is 114 g/mol. The molecule has 51 valence electrons. The Kier molecular flexibility index (Phi) is 3.28. The summed E-state index contributed by atoms with van der Waals surface area (Å²) in [5, 5.41) is 0. The van der Waals surface area contributed by atoms with Gasteiger partial charge in [-0.25, -0.2) is 0 Å². The summed E-state index contributed by atoms with van der Waals surface area (Å²) in [7, 11) is 0. The molecule has 0 bridgehead atoms. The Morgan fingerprint density at radius 2 is 1.44 bits per heavy atom. The summed E-state index contributed by atoms with van der Waals surface area (Å²) in [4.78, 5) is 11.6. The predicted octanol–water partition coefficient (Wildman–Crippen LogP) is 1.50. The summed E-state index contributed by atoms with van der Waals surface area (Å²) in [6.07, 6.45) is 1.81. The first-order valence-corrected chi connectivity index (χ1v) is 2.87. The Labute approximate surface area is 56.9 Å². The van der Waals surface area contributed by atoms with Crippen molar-refractivity contribution >= 4 is 6.41 Å². The van der Waals surface area contributed by atoms with E-state index in [1.54, 1.807) is 0 Å². The highest BCUT2D eigenvalue weighted by molar-refractivity contribution is 5.52. The van der Waals surface area contributed by atoms with Gasteiger partial charge in [-0.15, -0.1) is 0 Å². The molecule has 0 unspecified atom stereocenters. The second-order valence-electron chi connectivity index (χ2n) is 2.32. The normalized spacial score (nSPS) is 10.4. The van der Waals surface area contributed by atoms with Crippen molar-refractivity contribution in [1.29, 1.82) is 0 Å². The van der Waals surface area contributed by atoms with E-state index in [9.17, 15) is 4.79 Å². The van der Waals surface area contributed by atoms with Gasteiger partial charge in [0.25, 0.3) is 0 Å². The highest BCUT2D eigenvalue weighted by Gasteiger charge is 2.11. The van der Waals surface area contributed by atoms with Gasteiger partial charge in [0.05, 0.1) is 12.1 Å². The van der Waals surface area contributed by atoms with E-state index < -0.39 is 0 Å². The molecule has 0 saturated carbocycles. The van der Waals surface area contributed by atoms with E-state index in [0.717, 1.165) is 12.1 Å². The molecule has 0 aliphatic heterocycles. The first-order valence-electron chi connectivity index (χ1n) is 2.87. The third kappa shape index (κ3) is 2.49. The van der Waals surface area contributed by atoms with Crippen molar-refractivity contribution in [1.82, 2.24) is 4.90 Å². The first-order chi connectivity index (χ1) is 4.09. The SMILES string of the molecule is C[C](C)N([C]=O)[C](C)C. The maximum absolute atomic E-state index is 10.1. The molecule has 0 saturated heterocycles. The van der Waals surface area contributed by atoms with Gasteiger partial charge in [0.15, 0.2) is 0 Å². The number of rotatable bonds is 3. The molecule has 0 rings (SSSR count). The van der Waals surface area contributed by atoms with E-state index >= 15 is 0 Å². The van der Waals surface area contributed by atoms with Crippen molar-refractivity contribution < 1.29 is 4.79 Å². The van der Waals surface area contributed by atoms with Crippen molar-refractivity contribution in [2.24, 2.45) is 0 Å². The van der Waals surface area contributed by atoms with Crippen LogP contribution in [-0.4, -0.2) is 11.3 Å². The molecule has 0 aromatic heterocycles. The molecule has 0 aliphatic rings. The van der Waals surface area contributed by atoms with Crippen LogP contribution in [0.15, 0.2) is 0 Å². The van der Waals surface area contributed by atoms with Crippen molar-refractivity contribution in [2.75, 3.05) is 0 Å². The Balaban J connectivity index is 3.82. The van der Waals surface area contributed by atoms with Gasteiger partial charge in [0.2, 0.25) is 0 Å². The van der Waals surface area contributed by atoms with E-state index in [1.165, 1.54) is 4.90 Å². The topological polar surface area (TPSA) is 20.3 Å². The Hall–Kier alpha value is -0.530. The first kappa shape index (κ1) is 8.47. The minimum absolute atomic E-state index is 0.949. The number of hydrogen-bond donors (Lipinski definition) is 0. The lowest BCUT2D eigenvalue weighted by Crippen LogP contribution is -2.24. The third-order valence-corrected chi connectivity index (χ3v) is 0.986. The molecule has 3 radical (unpaired) electrons. The lowest BCUT2D eigenvalue weighted by atomic mass is 10.2. The zero-order valence-electron chi connectivity index (χ0n) is 6.36. The minimum atomic E-state index is 0.949.